The zero-order chi connectivity index (χ0) is 10.9. The number of hydrogen-bond donors (Lipinski definition) is 2. The summed E-state index contributed by atoms with van der Waals surface area (Å²) in [6.07, 6.45) is -0.652. The van der Waals surface area contributed by atoms with Gasteiger partial charge in [-0.3, -0.25) is 4.79 Å². The highest BCUT2D eigenvalue weighted by Gasteiger charge is 2.19. The van der Waals surface area contributed by atoms with E-state index in [1.54, 1.807) is 13.8 Å². The molecule has 1 aromatic heterocycles. The van der Waals surface area contributed by atoms with Crippen LogP contribution < -0.4 is 5.73 Å². The summed E-state index contributed by atoms with van der Waals surface area (Å²) in [6.45, 7) is 4.87. The molecule has 0 saturated heterocycles. The van der Waals surface area contributed by atoms with E-state index in [0.29, 0.717) is 15.6 Å². The molecule has 1 aromatic rings. The molecule has 0 aromatic carbocycles. The first-order valence-electron chi connectivity index (χ1n) is 4.35. The molecule has 1 rings (SSSR count). The molecule has 1 heterocycles. The highest BCUT2D eigenvalue weighted by atomic mass is 32.1. The first-order valence-corrected chi connectivity index (χ1v) is 5.17. The number of nitrogens with two attached hydrogens (primary N) is 1. The lowest BCUT2D eigenvalue weighted by atomic mass is 10.2. The van der Waals surface area contributed by atoms with Gasteiger partial charge in [0.1, 0.15) is 5.01 Å². The van der Waals surface area contributed by atoms with E-state index in [-0.39, 0.29) is 5.78 Å². The second-order valence-corrected chi connectivity index (χ2v) is 4.32. The SMILES string of the molecule is CC(=O)c1sc([C@H](N)[C@H](C)O)nc1C. The zero-order valence-electron chi connectivity index (χ0n) is 8.44. The van der Waals surface area contributed by atoms with Crippen molar-refractivity contribution in [3.8, 4) is 0 Å². The predicted octanol–water partition coefficient (Wildman–Crippen LogP) is 1.03. The van der Waals surface area contributed by atoms with Gasteiger partial charge in [-0.1, -0.05) is 0 Å². The minimum absolute atomic E-state index is 0.0101. The van der Waals surface area contributed by atoms with Crippen LogP contribution in [0.3, 0.4) is 0 Å². The molecule has 14 heavy (non-hydrogen) atoms. The Balaban J connectivity index is 3.02. The average Bonchev–Trinajstić information content (AvgIpc) is 2.45. The number of carbonyl (C=O) groups excluding carboxylic acids is 1. The molecule has 0 aliphatic rings. The number of hydrogen-bond acceptors (Lipinski definition) is 5. The van der Waals surface area contributed by atoms with Gasteiger partial charge in [0.25, 0.3) is 0 Å². The van der Waals surface area contributed by atoms with Gasteiger partial charge in [-0.15, -0.1) is 11.3 Å². The minimum Gasteiger partial charge on any atom is -0.391 e. The lowest BCUT2D eigenvalue weighted by Crippen LogP contribution is -2.22. The van der Waals surface area contributed by atoms with Crippen molar-refractivity contribution in [2.24, 2.45) is 5.73 Å². The summed E-state index contributed by atoms with van der Waals surface area (Å²) < 4.78 is 0. The number of Topliss-reactive ketones (excluding diaryl/α,β-unsaturated/α-hetero) is 1. The van der Waals surface area contributed by atoms with E-state index in [1.165, 1.54) is 18.3 Å². The Morgan fingerprint density at radius 3 is 2.57 bits per heavy atom. The fraction of sp³-hybridized carbons (Fsp3) is 0.556. The highest BCUT2D eigenvalue weighted by Crippen LogP contribution is 2.24. The molecular formula is C9H14N2O2S. The Hall–Kier alpha value is -0.780. The van der Waals surface area contributed by atoms with Crippen LogP contribution >= 0.6 is 11.3 Å². The van der Waals surface area contributed by atoms with Crippen LogP contribution in [0.1, 0.15) is 40.3 Å². The second kappa shape index (κ2) is 4.16. The van der Waals surface area contributed by atoms with E-state index >= 15 is 0 Å². The van der Waals surface area contributed by atoms with E-state index in [1.807, 2.05) is 0 Å². The van der Waals surface area contributed by atoms with Crippen LogP contribution in [0.25, 0.3) is 0 Å². The van der Waals surface area contributed by atoms with Gasteiger partial charge in [0.05, 0.1) is 22.7 Å². The third-order valence-corrected chi connectivity index (χ3v) is 3.30. The van der Waals surface area contributed by atoms with Crippen LogP contribution in [-0.2, 0) is 0 Å². The maximum Gasteiger partial charge on any atom is 0.171 e. The standard InChI is InChI=1S/C9H14N2O2S/c1-4-8(6(3)13)14-9(11-4)7(10)5(2)12/h5,7,12H,10H2,1-3H3/t5-,7+/m0/s1. The molecule has 5 heteroatoms. The predicted molar refractivity (Wildman–Crippen MR) is 55.5 cm³/mol. The van der Waals surface area contributed by atoms with Gasteiger partial charge in [-0.25, -0.2) is 4.98 Å². The minimum atomic E-state index is -0.652. The number of aryl methyl sites for hydroxylation is 1. The van der Waals surface area contributed by atoms with Crippen molar-refractivity contribution < 1.29 is 9.90 Å². The summed E-state index contributed by atoms with van der Waals surface area (Å²) in [6, 6.07) is -0.508. The van der Waals surface area contributed by atoms with Gasteiger partial charge in [-0.05, 0) is 13.8 Å². The maximum atomic E-state index is 11.1. The summed E-state index contributed by atoms with van der Waals surface area (Å²) in [5.41, 5.74) is 6.40. The summed E-state index contributed by atoms with van der Waals surface area (Å²) >= 11 is 1.26. The normalized spacial score (nSPS) is 15.2. The fourth-order valence-electron chi connectivity index (χ4n) is 1.09. The molecule has 0 spiro atoms. The summed E-state index contributed by atoms with van der Waals surface area (Å²) in [5, 5.41) is 9.88. The Morgan fingerprint density at radius 1 is 1.64 bits per heavy atom. The summed E-state index contributed by atoms with van der Waals surface area (Å²) in [5.74, 6) is -0.0101. The molecule has 0 aliphatic heterocycles. The number of thiazole rings is 1. The monoisotopic (exact) mass is 214 g/mol. The summed E-state index contributed by atoms with van der Waals surface area (Å²) in [4.78, 5) is 15.9. The zero-order valence-corrected chi connectivity index (χ0v) is 9.26. The molecule has 0 amide bonds. The molecule has 0 saturated carbocycles. The molecule has 0 fully saturated rings. The molecule has 0 radical (unpaired) electrons. The number of rotatable bonds is 3. The number of aromatic nitrogens is 1. The fourth-order valence-corrected chi connectivity index (χ4v) is 2.15. The number of aliphatic hydroxyl groups excluding tert-OH is 1. The van der Waals surface area contributed by atoms with Gasteiger partial charge < -0.3 is 10.8 Å². The Morgan fingerprint density at radius 2 is 2.21 bits per heavy atom. The van der Waals surface area contributed by atoms with E-state index < -0.39 is 12.1 Å². The van der Waals surface area contributed by atoms with Crippen LogP contribution in [-0.4, -0.2) is 22.0 Å². The van der Waals surface area contributed by atoms with Crippen molar-refractivity contribution in [3.63, 3.8) is 0 Å². The van der Waals surface area contributed by atoms with Crippen LogP contribution in [0.5, 0.6) is 0 Å². The van der Waals surface area contributed by atoms with Crippen molar-refractivity contribution in [3.05, 3.63) is 15.6 Å². The van der Waals surface area contributed by atoms with E-state index in [4.69, 9.17) is 5.73 Å². The molecule has 0 bridgehead atoms. The summed E-state index contributed by atoms with van der Waals surface area (Å²) in [7, 11) is 0. The van der Waals surface area contributed by atoms with E-state index in [9.17, 15) is 9.90 Å². The van der Waals surface area contributed by atoms with E-state index in [0.717, 1.165) is 0 Å². The van der Waals surface area contributed by atoms with Gasteiger partial charge in [0.15, 0.2) is 5.78 Å². The smallest absolute Gasteiger partial charge is 0.171 e. The largest absolute Gasteiger partial charge is 0.391 e. The molecule has 4 nitrogen and oxygen atoms in total. The lowest BCUT2D eigenvalue weighted by molar-refractivity contribution is 0.102. The van der Waals surface area contributed by atoms with Crippen LogP contribution in [0, 0.1) is 6.92 Å². The quantitative estimate of drug-likeness (QED) is 0.737. The van der Waals surface area contributed by atoms with Crippen molar-refractivity contribution in [2.75, 3.05) is 0 Å². The van der Waals surface area contributed by atoms with Crippen molar-refractivity contribution >= 4 is 17.1 Å². The molecule has 0 aliphatic carbocycles. The number of nitrogens with zero attached hydrogens (tertiary/aromatic N) is 1. The maximum absolute atomic E-state index is 11.1. The average molecular weight is 214 g/mol. The van der Waals surface area contributed by atoms with Gasteiger partial charge in [0, 0.05) is 6.92 Å². The van der Waals surface area contributed by atoms with Gasteiger partial charge in [0.2, 0.25) is 0 Å². The first-order chi connectivity index (χ1) is 6.43. The third kappa shape index (κ3) is 2.17. The second-order valence-electron chi connectivity index (χ2n) is 3.29. The van der Waals surface area contributed by atoms with Crippen LogP contribution in [0.15, 0.2) is 0 Å². The third-order valence-electron chi connectivity index (χ3n) is 1.94. The van der Waals surface area contributed by atoms with Crippen molar-refractivity contribution in [1.29, 1.82) is 0 Å². The molecular weight excluding hydrogens is 200 g/mol. The topological polar surface area (TPSA) is 76.2 Å². The van der Waals surface area contributed by atoms with Crippen molar-refractivity contribution in [2.45, 2.75) is 32.9 Å². The van der Waals surface area contributed by atoms with Crippen molar-refractivity contribution in [1.82, 2.24) is 4.98 Å². The highest BCUT2D eigenvalue weighted by molar-refractivity contribution is 7.13. The Bertz CT molecular complexity index is 347. The first kappa shape index (κ1) is 11.3. The van der Waals surface area contributed by atoms with Gasteiger partial charge >= 0.3 is 0 Å². The number of aliphatic hydroxyl groups is 1. The molecule has 0 unspecified atom stereocenters. The molecule has 3 N–H and O–H groups in total. The number of carbonyl (C=O) groups is 1. The van der Waals surface area contributed by atoms with Gasteiger partial charge in [-0.2, -0.15) is 0 Å². The number of ketones is 1. The van der Waals surface area contributed by atoms with Crippen LogP contribution in [0.2, 0.25) is 0 Å². The molecule has 78 valence electrons. The van der Waals surface area contributed by atoms with E-state index in [2.05, 4.69) is 4.98 Å². The molecule has 2 atom stereocenters. The lowest BCUT2D eigenvalue weighted by Gasteiger charge is -2.10. The Labute approximate surface area is 86.8 Å². The Kier molecular flexibility index (Phi) is 3.36. The van der Waals surface area contributed by atoms with Crippen LogP contribution in [0.4, 0.5) is 0 Å².